The van der Waals surface area contributed by atoms with Gasteiger partial charge in [0.2, 0.25) is 0 Å². The lowest BCUT2D eigenvalue weighted by Gasteiger charge is -2.20. The van der Waals surface area contributed by atoms with E-state index in [9.17, 15) is 9.59 Å². The summed E-state index contributed by atoms with van der Waals surface area (Å²) in [4.78, 5) is 22.3. The Balaban J connectivity index is 2.10. The minimum atomic E-state index is -0.896. The molecule has 0 saturated heterocycles. The molecule has 1 fully saturated rings. The van der Waals surface area contributed by atoms with Crippen molar-refractivity contribution < 1.29 is 14.7 Å². The summed E-state index contributed by atoms with van der Waals surface area (Å²) in [5.74, 6) is -0.800. The molecule has 0 aliphatic heterocycles. The van der Waals surface area contributed by atoms with Crippen LogP contribution in [0.15, 0.2) is 0 Å². The van der Waals surface area contributed by atoms with Gasteiger partial charge in [0, 0.05) is 18.6 Å². The summed E-state index contributed by atoms with van der Waals surface area (Å²) in [5, 5.41) is 17.6. The number of nitrogens with one attached hydrogen (secondary N) is 3. The zero-order chi connectivity index (χ0) is 14.3. The molecule has 1 saturated carbocycles. The van der Waals surface area contributed by atoms with Gasteiger partial charge in [-0.3, -0.25) is 4.79 Å². The van der Waals surface area contributed by atoms with E-state index in [1.807, 2.05) is 13.8 Å². The predicted molar refractivity (Wildman–Crippen MR) is 73.1 cm³/mol. The molecule has 1 atom stereocenters. The Labute approximate surface area is 114 Å². The monoisotopic (exact) mass is 271 g/mol. The average molecular weight is 271 g/mol. The Morgan fingerprint density at radius 3 is 2.47 bits per heavy atom. The van der Waals surface area contributed by atoms with Gasteiger partial charge in [-0.15, -0.1) is 0 Å². The zero-order valence-corrected chi connectivity index (χ0v) is 11.7. The second-order valence-electron chi connectivity index (χ2n) is 5.43. The van der Waals surface area contributed by atoms with Crippen LogP contribution in [-0.2, 0) is 4.79 Å². The fraction of sp³-hybridized carbons (Fsp3) is 0.846. The van der Waals surface area contributed by atoms with E-state index in [1.54, 1.807) is 0 Å². The van der Waals surface area contributed by atoms with E-state index < -0.39 is 5.97 Å². The van der Waals surface area contributed by atoms with Crippen LogP contribution in [0.3, 0.4) is 0 Å². The largest absolute Gasteiger partial charge is 0.481 e. The number of carboxylic acid groups (broad SMARTS) is 1. The first kappa shape index (κ1) is 15.8. The third kappa shape index (κ3) is 7.66. The van der Waals surface area contributed by atoms with E-state index in [1.165, 1.54) is 12.8 Å². The molecule has 1 aliphatic carbocycles. The van der Waals surface area contributed by atoms with Crippen molar-refractivity contribution in [3.05, 3.63) is 0 Å². The molecule has 4 N–H and O–H groups in total. The van der Waals surface area contributed by atoms with Gasteiger partial charge in [-0.05, 0) is 31.7 Å². The average Bonchev–Trinajstić information content (AvgIpc) is 3.11. The van der Waals surface area contributed by atoms with E-state index >= 15 is 0 Å². The maximum Gasteiger partial charge on any atom is 0.315 e. The lowest BCUT2D eigenvalue weighted by molar-refractivity contribution is -0.137. The summed E-state index contributed by atoms with van der Waals surface area (Å²) in [6.45, 7) is 5.30. The second-order valence-corrected chi connectivity index (χ2v) is 5.43. The number of carbonyl (C=O) groups is 2. The molecule has 1 aliphatic rings. The number of rotatable bonds is 9. The zero-order valence-electron chi connectivity index (χ0n) is 11.7. The highest BCUT2D eigenvalue weighted by Gasteiger charge is 2.20. The van der Waals surface area contributed by atoms with Crippen molar-refractivity contribution in [3.8, 4) is 0 Å². The summed E-state index contributed by atoms with van der Waals surface area (Å²) < 4.78 is 0. The van der Waals surface area contributed by atoms with E-state index in [4.69, 9.17) is 5.11 Å². The molecule has 1 rings (SSSR count). The highest BCUT2D eigenvalue weighted by molar-refractivity contribution is 5.75. The standard InChI is InChI=1S/C13H25N3O3/c1-9(2)11(8-12(17)18)16-13(19)15-7-3-6-14-10-4-5-10/h9-11,14H,3-8H2,1-2H3,(H,17,18)(H2,15,16,19). The summed E-state index contributed by atoms with van der Waals surface area (Å²) in [6.07, 6.45) is 3.36. The normalized spacial score (nSPS) is 16.2. The molecule has 1 unspecified atom stereocenters. The molecule has 6 nitrogen and oxygen atoms in total. The minimum Gasteiger partial charge on any atom is -0.481 e. The first-order valence-corrected chi connectivity index (χ1v) is 6.98. The van der Waals surface area contributed by atoms with Gasteiger partial charge in [0.25, 0.3) is 0 Å². The molecule has 0 heterocycles. The van der Waals surface area contributed by atoms with Crippen molar-refractivity contribution in [2.24, 2.45) is 5.92 Å². The van der Waals surface area contributed by atoms with E-state index in [2.05, 4.69) is 16.0 Å². The van der Waals surface area contributed by atoms with Crippen molar-refractivity contribution in [3.63, 3.8) is 0 Å². The van der Waals surface area contributed by atoms with Gasteiger partial charge >= 0.3 is 12.0 Å². The summed E-state index contributed by atoms with van der Waals surface area (Å²) in [5.41, 5.74) is 0. The second kappa shape index (κ2) is 7.99. The van der Waals surface area contributed by atoms with Crippen LogP contribution in [0.4, 0.5) is 4.79 Å². The molecule has 0 radical (unpaired) electrons. The minimum absolute atomic E-state index is 0.0473. The smallest absolute Gasteiger partial charge is 0.315 e. The van der Waals surface area contributed by atoms with Crippen LogP contribution in [0.5, 0.6) is 0 Å². The molecule has 6 heteroatoms. The number of carboxylic acids is 1. The van der Waals surface area contributed by atoms with Crippen LogP contribution in [0.1, 0.15) is 39.5 Å². The summed E-state index contributed by atoms with van der Waals surface area (Å²) in [7, 11) is 0. The molecular weight excluding hydrogens is 246 g/mol. The molecule has 0 aromatic heterocycles. The van der Waals surface area contributed by atoms with Crippen molar-refractivity contribution in [2.75, 3.05) is 13.1 Å². The van der Waals surface area contributed by atoms with Gasteiger partial charge < -0.3 is 21.1 Å². The van der Waals surface area contributed by atoms with E-state index in [0.717, 1.165) is 13.0 Å². The maximum atomic E-state index is 11.6. The van der Waals surface area contributed by atoms with Crippen LogP contribution >= 0.6 is 0 Å². The topological polar surface area (TPSA) is 90.5 Å². The predicted octanol–water partition coefficient (Wildman–Crippen LogP) is 0.927. The molecule has 110 valence electrons. The van der Waals surface area contributed by atoms with Crippen molar-refractivity contribution in [1.29, 1.82) is 0 Å². The van der Waals surface area contributed by atoms with Crippen molar-refractivity contribution >= 4 is 12.0 Å². The van der Waals surface area contributed by atoms with Crippen LogP contribution in [0, 0.1) is 5.92 Å². The fourth-order valence-electron chi connectivity index (χ4n) is 1.74. The van der Waals surface area contributed by atoms with Gasteiger partial charge in [0.1, 0.15) is 0 Å². The highest BCUT2D eigenvalue weighted by Crippen LogP contribution is 2.18. The van der Waals surface area contributed by atoms with Gasteiger partial charge in [-0.2, -0.15) is 0 Å². The molecule has 19 heavy (non-hydrogen) atoms. The Hall–Kier alpha value is -1.30. The third-order valence-electron chi connectivity index (χ3n) is 3.17. The Morgan fingerprint density at radius 2 is 1.95 bits per heavy atom. The van der Waals surface area contributed by atoms with Crippen molar-refractivity contribution in [2.45, 2.75) is 51.6 Å². The summed E-state index contributed by atoms with van der Waals surface area (Å²) >= 11 is 0. The van der Waals surface area contributed by atoms with Crippen LogP contribution in [0.25, 0.3) is 0 Å². The molecule has 2 amide bonds. The number of hydrogen-bond donors (Lipinski definition) is 4. The first-order valence-electron chi connectivity index (χ1n) is 6.98. The number of carbonyl (C=O) groups excluding carboxylic acids is 1. The first-order chi connectivity index (χ1) is 8.99. The summed E-state index contributed by atoms with van der Waals surface area (Å²) in [6, 6.07) is 0.0724. The fourth-order valence-corrected chi connectivity index (χ4v) is 1.74. The molecule has 0 spiro atoms. The van der Waals surface area contributed by atoms with Crippen LogP contribution in [-0.4, -0.2) is 42.3 Å². The lowest BCUT2D eigenvalue weighted by atomic mass is 10.0. The molecule has 0 bridgehead atoms. The highest BCUT2D eigenvalue weighted by atomic mass is 16.4. The quantitative estimate of drug-likeness (QED) is 0.470. The SMILES string of the molecule is CC(C)C(CC(=O)O)NC(=O)NCCCNC1CC1. The van der Waals surface area contributed by atoms with Crippen molar-refractivity contribution in [1.82, 2.24) is 16.0 Å². The molecule has 0 aromatic carbocycles. The Morgan fingerprint density at radius 1 is 1.26 bits per heavy atom. The number of hydrogen-bond acceptors (Lipinski definition) is 3. The van der Waals surface area contributed by atoms with E-state index in [-0.39, 0.29) is 24.4 Å². The third-order valence-corrected chi connectivity index (χ3v) is 3.17. The van der Waals surface area contributed by atoms with Gasteiger partial charge in [-0.25, -0.2) is 4.79 Å². The molecular formula is C13H25N3O3. The Bertz CT molecular complexity index is 304. The van der Waals surface area contributed by atoms with Crippen LogP contribution in [0.2, 0.25) is 0 Å². The van der Waals surface area contributed by atoms with Gasteiger partial charge in [0.15, 0.2) is 0 Å². The Kier molecular flexibility index (Phi) is 6.62. The van der Waals surface area contributed by atoms with E-state index in [0.29, 0.717) is 12.6 Å². The molecule has 0 aromatic rings. The van der Waals surface area contributed by atoms with Gasteiger partial charge in [0.05, 0.1) is 6.42 Å². The number of urea groups is 1. The van der Waals surface area contributed by atoms with Crippen LogP contribution < -0.4 is 16.0 Å². The maximum absolute atomic E-state index is 11.6. The lowest BCUT2D eigenvalue weighted by Crippen LogP contribution is -2.45. The van der Waals surface area contributed by atoms with Gasteiger partial charge in [-0.1, -0.05) is 13.8 Å². The number of amides is 2. The number of aliphatic carboxylic acids is 1.